The topological polar surface area (TPSA) is 30.0 Å². The average Bonchev–Trinajstić information content (AvgIpc) is 2.48. The van der Waals surface area contributed by atoms with Gasteiger partial charge in [0.2, 0.25) is 0 Å². The third kappa shape index (κ3) is 3.67. The molecule has 19 heavy (non-hydrogen) atoms. The quantitative estimate of drug-likeness (QED) is 0.612. The number of aromatic nitrogens is 1. The Labute approximate surface area is 118 Å². The number of rotatable bonds is 5. The molecule has 2 nitrogen and oxygen atoms in total. The van der Waals surface area contributed by atoms with Crippen LogP contribution in [0.25, 0.3) is 0 Å². The number of thioether (sulfide) groups is 1. The van der Waals surface area contributed by atoms with Gasteiger partial charge in [0.15, 0.2) is 5.78 Å². The SMILES string of the molecule is CCc1ccc(CC(=O)c2ccc(SC)cc2)nc1. The fourth-order valence-corrected chi connectivity index (χ4v) is 2.22. The maximum atomic E-state index is 12.1. The zero-order chi connectivity index (χ0) is 13.7. The molecule has 2 rings (SSSR count). The maximum absolute atomic E-state index is 12.1. The number of Topliss-reactive ketones (excluding diaryl/α,β-unsaturated/α-hetero) is 1. The Balaban J connectivity index is 2.06. The monoisotopic (exact) mass is 271 g/mol. The maximum Gasteiger partial charge on any atom is 0.168 e. The molecule has 0 aliphatic heterocycles. The molecule has 0 aliphatic rings. The van der Waals surface area contributed by atoms with E-state index in [2.05, 4.69) is 11.9 Å². The van der Waals surface area contributed by atoms with Gasteiger partial charge in [0, 0.05) is 22.3 Å². The van der Waals surface area contributed by atoms with E-state index in [1.807, 2.05) is 48.9 Å². The molecule has 0 N–H and O–H groups in total. The van der Waals surface area contributed by atoms with Crippen molar-refractivity contribution in [2.24, 2.45) is 0 Å². The molecule has 1 aromatic heterocycles. The first-order chi connectivity index (χ1) is 9.22. The van der Waals surface area contributed by atoms with Gasteiger partial charge in [-0.1, -0.05) is 25.1 Å². The summed E-state index contributed by atoms with van der Waals surface area (Å²) in [4.78, 5) is 17.6. The summed E-state index contributed by atoms with van der Waals surface area (Å²) in [5, 5.41) is 0. The van der Waals surface area contributed by atoms with Gasteiger partial charge >= 0.3 is 0 Å². The van der Waals surface area contributed by atoms with Gasteiger partial charge in [0.1, 0.15) is 0 Å². The molecule has 3 heteroatoms. The Morgan fingerprint density at radius 3 is 2.42 bits per heavy atom. The number of hydrogen-bond acceptors (Lipinski definition) is 3. The molecule has 0 radical (unpaired) electrons. The molecule has 0 spiro atoms. The van der Waals surface area contributed by atoms with Crippen LogP contribution in [0.5, 0.6) is 0 Å². The van der Waals surface area contributed by atoms with Gasteiger partial charge in [-0.25, -0.2) is 0 Å². The Bertz CT molecular complexity index is 546. The zero-order valence-corrected chi connectivity index (χ0v) is 12.0. The number of aryl methyl sites for hydroxylation is 1. The lowest BCUT2D eigenvalue weighted by atomic mass is 10.1. The van der Waals surface area contributed by atoms with Crippen molar-refractivity contribution in [1.29, 1.82) is 0 Å². The summed E-state index contributed by atoms with van der Waals surface area (Å²) in [7, 11) is 0. The second-order valence-corrected chi connectivity index (χ2v) is 5.22. The van der Waals surface area contributed by atoms with Crippen LogP contribution in [0.2, 0.25) is 0 Å². The van der Waals surface area contributed by atoms with E-state index in [1.54, 1.807) is 11.8 Å². The minimum absolute atomic E-state index is 0.115. The Morgan fingerprint density at radius 2 is 1.89 bits per heavy atom. The van der Waals surface area contributed by atoms with Crippen LogP contribution in [0.3, 0.4) is 0 Å². The number of benzene rings is 1. The largest absolute Gasteiger partial charge is 0.294 e. The average molecular weight is 271 g/mol. The number of ketones is 1. The fraction of sp³-hybridized carbons (Fsp3) is 0.250. The lowest BCUT2D eigenvalue weighted by molar-refractivity contribution is 0.0992. The smallest absolute Gasteiger partial charge is 0.168 e. The first-order valence-corrected chi connectivity index (χ1v) is 7.56. The molecule has 0 amide bonds. The lowest BCUT2D eigenvalue weighted by Crippen LogP contribution is -2.05. The van der Waals surface area contributed by atoms with Gasteiger partial charge in [0.25, 0.3) is 0 Å². The molecule has 0 bridgehead atoms. The number of carbonyl (C=O) groups is 1. The molecule has 0 atom stereocenters. The Hall–Kier alpha value is -1.61. The van der Waals surface area contributed by atoms with Crippen molar-refractivity contribution in [3.63, 3.8) is 0 Å². The predicted octanol–water partition coefficient (Wildman–Crippen LogP) is 3.79. The Kier molecular flexibility index (Phi) is 4.74. The van der Waals surface area contributed by atoms with E-state index >= 15 is 0 Å². The molecule has 2 aromatic rings. The second-order valence-electron chi connectivity index (χ2n) is 4.34. The summed E-state index contributed by atoms with van der Waals surface area (Å²) in [5.74, 6) is 0.115. The van der Waals surface area contributed by atoms with Gasteiger partial charge in [-0.3, -0.25) is 9.78 Å². The fourth-order valence-electron chi connectivity index (χ4n) is 1.81. The highest BCUT2D eigenvalue weighted by atomic mass is 32.2. The van der Waals surface area contributed by atoms with Crippen LogP contribution >= 0.6 is 11.8 Å². The predicted molar refractivity (Wildman–Crippen MR) is 79.9 cm³/mol. The van der Waals surface area contributed by atoms with Crippen molar-refractivity contribution in [1.82, 2.24) is 4.98 Å². The van der Waals surface area contributed by atoms with E-state index in [9.17, 15) is 4.79 Å². The number of hydrogen-bond donors (Lipinski definition) is 0. The summed E-state index contributed by atoms with van der Waals surface area (Å²) in [6, 6.07) is 11.7. The van der Waals surface area contributed by atoms with Gasteiger partial charge in [-0.05, 0) is 36.4 Å². The van der Waals surface area contributed by atoms with E-state index in [-0.39, 0.29) is 5.78 Å². The lowest BCUT2D eigenvalue weighted by Gasteiger charge is -2.03. The van der Waals surface area contributed by atoms with Crippen molar-refractivity contribution >= 4 is 17.5 Å². The van der Waals surface area contributed by atoms with Gasteiger partial charge < -0.3 is 0 Å². The molecule has 0 saturated heterocycles. The molecule has 0 aliphatic carbocycles. The number of pyridine rings is 1. The van der Waals surface area contributed by atoms with Crippen molar-refractivity contribution in [3.8, 4) is 0 Å². The van der Waals surface area contributed by atoms with Crippen LogP contribution < -0.4 is 0 Å². The van der Waals surface area contributed by atoms with Gasteiger partial charge in [0.05, 0.1) is 6.42 Å². The second kappa shape index (κ2) is 6.53. The van der Waals surface area contributed by atoms with Crippen LogP contribution in [0.4, 0.5) is 0 Å². The van der Waals surface area contributed by atoms with Crippen LogP contribution in [0.15, 0.2) is 47.5 Å². The molecule has 0 saturated carbocycles. The summed E-state index contributed by atoms with van der Waals surface area (Å²) in [6.07, 6.45) is 5.20. The molecule has 0 fully saturated rings. The molecule has 0 unspecified atom stereocenters. The van der Waals surface area contributed by atoms with E-state index < -0.39 is 0 Å². The highest BCUT2D eigenvalue weighted by molar-refractivity contribution is 7.98. The molecule has 98 valence electrons. The molecular weight excluding hydrogens is 254 g/mol. The minimum atomic E-state index is 0.115. The third-order valence-electron chi connectivity index (χ3n) is 3.05. The summed E-state index contributed by atoms with van der Waals surface area (Å²) in [6.45, 7) is 2.09. The number of nitrogens with zero attached hydrogens (tertiary/aromatic N) is 1. The van der Waals surface area contributed by atoms with Crippen molar-refractivity contribution < 1.29 is 4.79 Å². The Morgan fingerprint density at radius 1 is 1.16 bits per heavy atom. The molecule has 1 heterocycles. The molecule has 1 aromatic carbocycles. The molecular formula is C16H17NOS. The van der Waals surface area contributed by atoms with Gasteiger partial charge in [-0.2, -0.15) is 0 Å². The van der Waals surface area contributed by atoms with Crippen molar-refractivity contribution in [2.75, 3.05) is 6.26 Å². The number of carbonyl (C=O) groups excluding carboxylic acids is 1. The van der Waals surface area contributed by atoms with Crippen LogP contribution in [0.1, 0.15) is 28.5 Å². The highest BCUT2D eigenvalue weighted by Gasteiger charge is 2.07. The van der Waals surface area contributed by atoms with E-state index in [1.165, 1.54) is 10.5 Å². The zero-order valence-electron chi connectivity index (χ0n) is 11.2. The van der Waals surface area contributed by atoms with Gasteiger partial charge in [-0.15, -0.1) is 11.8 Å². The van der Waals surface area contributed by atoms with Crippen LogP contribution in [-0.2, 0) is 12.8 Å². The van der Waals surface area contributed by atoms with Crippen molar-refractivity contribution in [2.45, 2.75) is 24.7 Å². The van der Waals surface area contributed by atoms with Crippen LogP contribution in [-0.4, -0.2) is 17.0 Å². The van der Waals surface area contributed by atoms with Crippen LogP contribution in [0, 0.1) is 0 Å². The first kappa shape index (κ1) is 13.8. The minimum Gasteiger partial charge on any atom is -0.294 e. The first-order valence-electron chi connectivity index (χ1n) is 6.34. The normalized spacial score (nSPS) is 10.4. The summed E-state index contributed by atoms with van der Waals surface area (Å²) in [5.41, 5.74) is 2.77. The van der Waals surface area contributed by atoms with E-state index in [4.69, 9.17) is 0 Å². The highest BCUT2D eigenvalue weighted by Crippen LogP contribution is 2.16. The van der Waals surface area contributed by atoms with E-state index in [0.717, 1.165) is 17.7 Å². The van der Waals surface area contributed by atoms with Crippen molar-refractivity contribution in [3.05, 3.63) is 59.4 Å². The third-order valence-corrected chi connectivity index (χ3v) is 3.79. The summed E-state index contributed by atoms with van der Waals surface area (Å²) < 4.78 is 0. The summed E-state index contributed by atoms with van der Waals surface area (Å²) >= 11 is 1.67. The van der Waals surface area contributed by atoms with E-state index in [0.29, 0.717) is 6.42 Å². The standard InChI is InChI=1S/C16H17NOS/c1-3-12-4-7-14(17-11-12)10-16(18)13-5-8-15(19-2)9-6-13/h4-9,11H,3,10H2,1-2H3.